The van der Waals surface area contributed by atoms with Crippen molar-refractivity contribution in [2.75, 3.05) is 74.1 Å². The molecule has 0 bridgehead atoms. The molecule has 11 nitrogen and oxygen atoms in total. The molecule has 1 saturated carbocycles. The molecule has 5 heterocycles. The molecule has 6 rings (SSSR count). The molecule has 3 fully saturated rings. The van der Waals surface area contributed by atoms with Crippen LogP contribution in [0.15, 0.2) is 30.7 Å². The fraction of sp³-hybridized carbons (Fsp3) is 0.571. The number of aromatic nitrogens is 4. The smallest absolute Gasteiger partial charge is 0.251 e. The predicted molar refractivity (Wildman–Crippen MR) is 151 cm³/mol. The van der Waals surface area contributed by atoms with Crippen LogP contribution in [0.1, 0.15) is 25.7 Å². The third-order valence-electron chi connectivity index (χ3n) is 8.01. The third-order valence-corrected chi connectivity index (χ3v) is 8.01. The normalized spacial score (nSPS) is 22.3. The van der Waals surface area contributed by atoms with E-state index in [0.29, 0.717) is 56.6 Å². The molecule has 0 spiro atoms. The topological polar surface area (TPSA) is 112 Å². The van der Waals surface area contributed by atoms with Crippen molar-refractivity contribution in [1.29, 1.82) is 0 Å². The Kier molecular flexibility index (Phi) is 8.42. The number of ether oxygens (including phenoxy) is 2. The van der Waals surface area contributed by atoms with Gasteiger partial charge in [0, 0.05) is 51.4 Å². The Morgan fingerprint density at radius 3 is 2.37 bits per heavy atom. The van der Waals surface area contributed by atoms with Gasteiger partial charge < -0.3 is 29.7 Å². The van der Waals surface area contributed by atoms with E-state index in [1.807, 2.05) is 6.07 Å². The van der Waals surface area contributed by atoms with Gasteiger partial charge in [0.25, 0.3) is 6.43 Å². The summed E-state index contributed by atoms with van der Waals surface area (Å²) in [7, 11) is 0. The van der Waals surface area contributed by atoms with Crippen LogP contribution < -0.4 is 19.9 Å². The molecule has 3 aliphatic rings. The minimum absolute atomic E-state index is 0.00179. The summed E-state index contributed by atoms with van der Waals surface area (Å²) < 4.78 is 37.2. The molecule has 220 valence electrons. The third kappa shape index (κ3) is 6.84. The lowest BCUT2D eigenvalue weighted by molar-refractivity contribution is 0.0854. The van der Waals surface area contributed by atoms with Gasteiger partial charge in [-0.2, -0.15) is 4.98 Å². The van der Waals surface area contributed by atoms with Crippen LogP contribution >= 0.6 is 0 Å². The van der Waals surface area contributed by atoms with Gasteiger partial charge in [0.1, 0.15) is 17.7 Å². The fourth-order valence-corrected chi connectivity index (χ4v) is 5.72. The standard InChI is InChI=1S/C28H36F2N8O3/c29-25(30)18-36-5-7-37(8-6-36)20-15-32-28(33-16-20)34-19-1-3-22(4-2-19)41-27-23-13-21(39)17-31-24(23)14-26(35-27)38-9-11-40-12-10-38/h13-17,19,22,25,39H,1-12,18H2,(H,32,33,34)/t19-,22+. The summed E-state index contributed by atoms with van der Waals surface area (Å²) in [5.74, 6) is 1.97. The number of nitrogens with zero attached hydrogens (tertiary/aromatic N) is 7. The van der Waals surface area contributed by atoms with Gasteiger partial charge in [-0.3, -0.25) is 9.88 Å². The van der Waals surface area contributed by atoms with E-state index in [9.17, 15) is 13.9 Å². The van der Waals surface area contributed by atoms with Crippen molar-refractivity contribution in [2.24, 2.45) is 0 Å². The lowest BCUT2D eigenvalue weighted by atomic mass is 9.93. The first kappa shape index (κ1) is 27.6. The highest BCUT2D eigenvalue weighted by molar-refractivity contribution is 5.86. The number of morpholine rings is 1. The van der Waals surface area contributed by atoms with Gasteiger partial charge in [-0.1, -0.05) is 0 Å². The summed E-state index contributed by atoms with van der Waals surface area (Å²) in [6.07, 6.45) is 6.22. The molecule has 0 aromatic carbocycles. The van der Waals surface area contributed by atoms with Crippen LogP contribution in [0, 0.1) is 0 Å². The van der Waals surface area contributed by atoms with Gasteiger partial charge in [0.15, 0.2) is 0 Å². The first-order valence-electron chi connectivity index (χ1n) is 14.3. The van der Waals surface area contributed by atoms with E-state index in [2.05, 4.69) is 30.1 Å². The van der Waals surface area contributed by atoms with E-state index in [1.54, 1.807) is 23.4 Å². The highest BCUT2D eigenvalue weighted by Gasteiger charge is 2.26. The van der Waals surface area contributed by atoms with Gasteiger partial charge in [-0.25, -0.2) is 18.7 Å². The molecule has 2 saturated heterocycles. The first-order chi connectivity index (χ1) is 20.0. The quantitative estimate of drug-likeness (QED) is 0.417. The zero-order valence-corrected chi connectivity index (χ0v) is 23.0. The highest BCUT2D eigenvalue weighted by Crippen LogP contribution is 2.33. The van der Waals surface area contributed by atoms with Crippen LogP contribution in [0.2, 0.25) is 0 Å². The van der Waals surface area contributed by atoms with Crippen LogP contribution in [0.3, 0.4) is 0 Å². The SMILES string of the molecule is Oc1cnc2cc(N3CCOCC3)nc(O[C@H]3CC[C@@H](Nc4ncc(N5CCN(CC(F)F)CC5)cn4)CC3)c2c1. The number of halogens is 2. The maximum atomic E-state index is 12.6. The Hall–Kier alpha value is -3.58. The Morgan fingerprint density at radius 2 is 1.66 bits per heavy atom. The van der Waals surface area contributed by atoms with E-state index in [1.165, 1.54) is 6.20 Å². The summed E-state index contributed by atoms with van der Waals surface area (Å²) in [5.41, 5.74) is 1.64. The summed E-state index contributed by atoms with van der Waals surface area (Å²) in [5, 5.41) is 14.2. The molecule has 1 aliphatic carbocycles. The van der Waals surface area contributed by atoms with Crippen LogP contribution in [-0.2, 0) is 4.74 Å². The number of rotatable bonds is 8. The van der Waals surface area contributed by atoms with Crippen LogP contribution in [0.25, 0.3) is 10.9 Å². The van der Waals surface area contributed by atoms with E-state index < -0.39 is 6.43 Å². The molecule has 0 atom stereocenters. The van der Waals surface area contributed by atoms with E-state index in [0.717, 1.165) is 55.8 Å². The van der Waals surface area contributed by atoms with Crippen molar-refractivity contribution in [2.45, 2.75) is 44.3 Å². The molecule has 13 heteroatoms. The second kappa shape index (κ2) is 12.5. The summed E-state index contributed by atoms with van der Waals surface area (Å²) >= 11 is 0. The summed E-state index contributed by atoms with van der Waals surface area (Å²) in [6, 6.07) is 3.83. The molecule has 3 aromatic heterocycles. The predicted octanol–water partition coefficient (Wildman–Crippen LogP) is 3.15. The zero-order valence-electron chi connectivity index (χ0n) is 23.0. The summed E-state index contributed by atoms with van der Waals surface area (Å²) in [6.45, 7) is 5.24. The molecule has 41 heavy (non-hydrogen) atoms. The van der Waals surface area contributed by atoms with E-state index >= 15 is 0 Å². The Morgan fingerprint density at radius 1 is 0.927 bits per heavy atom. The van der Waals surface area contributed by atoms with Crippen LogP contribution in [0.5, 0.6) is 11.6 Å². The second-order valence-corrected chi connectivity index (χ2v) is 10.8. The van der Waals surface area contributed by atoms with Crippen molar-refractivity contribution in [1.82, 2.24) is 24.8 Å². The van der Waals surface area contributed by atoms with Gasteiger partial charge in [-0.05, 0) is 31.7 Å². The second-order valence-electron chi connectivity index (χ2n) is 10.8. The Labute approximate surface area is 237 Å². The minimum atomic E-state index is -2.30. The van der Waals surface area contributed by atoms with Gasteiger partial charge in [0.05, 0.1) is 54.9 Å². The first-order valence-corrected chi connectivity index (χ1v) is 14.3. The number of hydrogen-bond acceptors (Lipinski definition) is 11. The lowest BCUT2D eigenvalue weighted by Gasteiger charge is -2.35. The minimum Gasteiger partial charge on any atom is -0.506 e. The number of aromatic hydroxyl groups is 1. The average molecular weight is 571 g/mol. The molecular formula is C28H36F2N8O3. The number of fused-ring (bicyclic) bond motifs is 1. The molecule has 2 aliphatic heterocycles. The van der Waals surface area contributed by atoms with E-state index in [4.69, 9.17) is 14.5 Å². The van der Waals surface area contributed by atoms with Crippen molar-refractivity contribution in [3.05, 3.63) is 30.7 Å². The van der Waals surface area contributed by atoms with Gasteiger partial charge in [-0.15, -0.1) is 0 Å². The van der Waals surface area contributed by atoms with Gasteiger partial charge in [0.2, 0.25) is 11.8 Å². The highest BCUT2D eigenvalue weighted by atomic mass is 19.3. The van der Waals surface area contributed by atoms with Gasteiger partial charge >= 0.3 is 0 Å². The monoisotopic (exact) mass is 570 g/mol. The summed E-state index contributed by atoms with van der Waals surface area (Å²) in [4.78, 5) is 24.4. The maximum absolute atomic E-state index is 12.6. The number of alkyl halides is 2. The Balaban J connectivity index is 1.03. The molecule has 0 radical (unpaired) electrons. The number of anilines is 3. The number of piperazine rings is 1. The number of hydrogen-bond donors (Lipinski definition) is 2. The average Bonchev–Trinajstić information content (AvgIpc) is 2.99. The maximum Gasteiger partial charge on any atom is 0.251 e. The zero-order chi connectivity index (χ0) is 28.2. The fourth-order valence-electron chi connectivity index (χ4n) is 5.72. The van der Waals surface area contributed by atoms with Crippen molar-refractivity contribution in [3.8, 4) is 11.6 Å². The van der Waals surface area contributed by atoms with E-state index in [-0.39, 0.29) is 24.4 Å². The van der Waals surface area contributed by atoms with Crippen LogP contribution in [0.4, 0.5) is 26.2 Å². The van der Waals surface area contributed by atoms with Crippen molar-refractivity contribution >= 4 is 28.4 Å². The molecule has 2 N–H and O–H groups in total. The van der Waals surface area contributed by atoms with Crippen LogP contribution in [-0.4, -0.2) is 108 Å². The van der Waals surface area contributed by atoms with Crippen molar-refractivity contribution < 1.29 is 23.4 Å². The molecule has 3 aromatic rings. The number of nitrogens with one attached hydrogen (secondary N) is 1. The molecular weight excluding hydrogens is 534 g/mol. The van der Waals surface area contributed by atoms with Crippen molar-refractivity contribution in [3.63, 3.8) is 0 Å². The number of pyridine rings is 2. The lowest BCUT2D eigenvalue weighted by Crippen LogP contribution is -2.47. The molecule has 0 unspecified atom stereocenters. The Bertz CT molecular complexity index is 1300. The molecule has 0 amide bonds. The largest absolute Gasteiger partial charge is 0.506 e.